The van der Waals surface area contributed by atoms with Crippen molar-refractivity contribution in [3.8, 4) is 11.5 Å². The van der Waals surface area contributed by atoms with Gasteiger partial charge in [0.05, 0.1) is 11.4 Å². The fourth-order valence-corrected chi connectivity index (χ4v) is 4.11. The molecule has 3 heterocycles. The molecule has 1 saturated heterocycles. The summed E-state index contributed by atoms with van der Waals surface area (Å²) in [5.74, 6) is 0.854. The molecule has 1 aromatic heterocycles. The number of rotatable bonds is 6. The summed E-state index contributed by atoms with van der Waals surface area (Å²) in [6, 6.07) is 10.8. The van der Waals surface area contributed by atoms with E-state index in [4.69, 9.17) is 20.2 Å². The molecule has 1 fully saturated rings. The van der Waals surface area contributed by atoms with Crippen LogP contribution in [-0.4, -0.2) is 46.8 Å². The van der Waals surface area contributed by atoms with Crippen LogP contribution in [0.4, 0.5) is 11.8 Å². The summed E-state index contributed by atoms with van der Waals surface area (Å²) in [6.45, 7) is 1.79. The lowest BCUT2D eigenvalue weighted by Crippen LogP contribution is -2.37. The maximum atomic E-state index is 11.7. The smallest absolute Gasteiger partial charge is 0.306 e. The van der Waals surface area contributed by atoms with Crippen molar-refractivity contribution in [3.05, 3.63) is 47.5 Å². The summed E-state index contributed by atoms with van der Waals surface area (Å²) >= 11 is 0. The first-order valence-electron chi connectivity index (χ1n) is 10.7. The van der Waals surface area contributed by atoms with E-state index in [1.165, 1.54) is 0 Å². The van der Waals surface area contributed by atoms with Crippen LogP contribution < -0.4 is 25.4 Å². The number of fused-ring (bicyclic) bond motifs is 2. The van der Waals surface area contributed by atoms with Crippen LogP contribution in [0.15, 0.2) is 36.4 Å². The zero-order valence-electron chi connectivity index (χ0n) is 17.8. The number of benzene rings is 2. The first-order chi connectivity index (χ1) is 16.0. The molecule has 33 heavy (non-hydrogen) atoms. The molecule has 3 aromatic rings. The molecular weight excluding hydrogens is 426 g/mol. The van der Waals surface area contributed by atoms with Crippen LogP contribution >= 0.6 is 0 Å². The van der Waals surface area contributed by atoms with E-state index in [2.05, 4.69) is 10.3 Å². The quantitative estimate of drug-likeness (QED) is 0.517. The first-order valence-corrected chi connectivity index (χ1v) is 10.7. The highest BCUT2D eigenvalue weighted by molar-refractivity contribution is 6.00. The molecule has 0 saturated carbocycles. The molecule has 1 amide bonds. The Balaban J connectivity index is 1.45. The molecule has 0 radical (unpaired) electrons. The Kier molecular flexibility index (Phi) is 5.33. The molecule has 4 N–H and O–H groups in total. The van der Waals surface area contributed by atoms with E-state index in [9.17, 15) is 14.7 Å². The Morgan fingerprint density at radius 2 is 1.88 bits per heavy atom. The zero-order valence-corrected chi connectivity index (χ0v) is 17.8. The third-order valence-corrected chi connectivity index (χ3v) is 5.99. The van der Waals surface area contributed by atoms with Gasteiger partial charge >= 0.3 is 5.97 Å². The van der Waals surface area contributed by atoms with E-state index < -0.39 is 11.9 Å². The van der Waals surface area contributed by atoms with Gasteiger partial charge in [-0.3, -0.25) is 9.59 Å². The van der Waals surface area contributed by atoms with Crippen LogP contribution in [0.1, 0.15) is 28.8 Å². The lowest BCUT2D eigenvalue weighted by Gasteiger charge is -2.30. The molecule has 0 atom stereocenters. The van der Waals surface area contributed by atoms with E-state index in [0.717, 1.165) is 5.56 Å². The predicted molar refractivity (Wildman–Crippen MR) is 121 cm³/mol. The number of primary amides is 1. The molecule has 5 rings (SSSR count). The minimum atomic E-state index is -0.765. The van der Waals surface area contributed by atoms with Crippen molar-refractivity contribution in [1.29, 1.82) is 0 Å². The van der Waals surface area contributed by atoms with Crippen molar-refractivity contribution in [2.45, 2.75) is 19.4 Å². The van der Waals surface area contributed by atoms with E-state index in [-0.39, 0.29) is 12.7 Å². The van der Waals surface area contributed by atoms with Crippen LogP contribution in [0.5, 0.6) is 11.5 Å². The summed E-state index contributed by atoms with van der Waals surface area (Å²) in [4.78, 5) is 34.4. The number of nitrogens with two attached hydrogens (primary N) is 1. The van der Waals surface area contributed by atoms with Gasteiger partial charge in [-0.25, -0.2) is 4.98 Å². The number of nitrogens with one attached hydrogen (secondary N) is 1. The Morgan fingerprint density at radius 1 is 1.09 bits per heavy atom. The van der Waals surface area contributed by atoms with Gasteiger partial charge in [-0.2, -0.15) is 4.98 Å². The van der Waals surface area contributed by atoms with Crippen molar-refractivity contribution in [1.82, 2.24) is 9.97 Å². The standard InChI is InChI=1S/C23H23N5O5/c24-20(29)15-2-3-17-16(10-15)21(25-11-13-1-4-18-19(9-13)33-12-32-18)27-23(26-17)28-7-5-14(6-8-28)22(30)31/h1-4,9-10,14H,5-8,11-12H2,(H2,24,29)(H,30,31)(H,25,26,27). The van der Waals surface area contributed by atoms with Crippen molar-refractivity contribution in [2.24, 2.45) is 11.7 Å². The molecule has 10 nitrogen and oxygen atoms in total. The second kappa shape index (κ2) is 8.45. The fourth-order valence-electron chi connectivity index (χ4n) is 4.11. The summed E-state index contributed by atoms with van der Waals surface area (Å²) in [5, 5.41) is 13.3. The largest absolute Gasteiger partial charge is 0.481 e. The number of piperidine rings is 1. The Bertz CT molecular complexity index is 1240. The van der Waals surface area contributed by atoms with Crippen molar-refractivity contribution in [2.75, 3.05) is 30.1 Å². The normalized spacial score (nSPS) is 15.6. The monoisotopic (exact) mass is 449 g/mol. The second-order valence-electron chi connectivity index (χ2n) is 8.11. The number of aliphatic carboxylic acids is 1. The van der Waals surface area contributed by atoms with Crippen molar-refractivity contribution >= 4 is 34.5 Å². The predicted octanol–water partition coefficient (Wildman–Crippen LogP) is 2.37. The molecule has 0 bridgehead atoms. The minimum absolute atomic E-state index is 0.209. The van der Waals surface area contributed by atoms with Crippen LogP contribution in [0, 0.1) is 5.92 Å². The topological polar surface area (TPSA) is 140 Å². The summed E-state index contributed by atoms with van der Waals surface area (Å²) in [7, 11) is 0. The minimum Gasteiger partial charge on any atom is -0.481 e. The van der Waals surface area contributed by atoms with Crippen LogP contribution in [0.2, 0.25) is 0 Å². The fraction of sp³-hybridized carbons (Fsp3) is 0.304. The molecule has 170 valence electrons. The molecule has 2 aliphatic heterocycles. The molecular formula is C23H23N5O5. The second-order valence-corrected chi connectivity index (χ2v) is 8.11. The summed E-state index contributed by atoms with van der Waals surface area (Å²) in [6.07, 6.45) is 1.08. The van der Waals surface area contributed by atoms with Gasteiger partial charge in [-0.05, 0) is 48.7 Å². The van der Waals surface area contributed by atoms with Gasteiger partial charge in [0.2, 0.25) is 18.6 Å². The van der Waals surface area contributed by atoms with E-state index in [1.54, 1.807) is 18.2 Å². The van der Waals surface area contributed by atoms with Gasteiger partial charge < -0.3 is 30.5 Å². The number of carbonyl (C=O) groups excluding carboxylic acids is 1. The van der Waals surface area contributed by atoms with E-state index in [1.807, 2.05) is 23.1 Å². The third kappa shape index (κ3) is 4.19. The van der Waals surface area contributed by atoms with Crippen molar-refractivity contribution < 1.29 is 24.2 Å². The van der Waals surface area contributed by atoms with E-state index in [0.29, 0.717) is 72.2 Å². The highest BCUT2D eigenvalue weighted by Gasteiger charge is 2.26. The number of carboxylic acids is 1. The molecule has 0 unspecified atom stereocenters. The van der Waals surface area contributed by atoms with Crippen LogP contribution in [-0.2, 0) is 11.3 Å². The van der Waals surface area contributed by atoms with Crippen molar-refractivity contribution in [3.63, 3.8) is 0 Å². The molecule has 0 spiro atoms. The summed E-state index contributed by atoms with van der Waals surface area (Å²) < 4.78 is 10.8. The van der Waals surface area contributed by atoms with E-state index >= 15 is 0 Å². The highest BCUT2D eigenvalue weighted by Crippen LogP contribution is 2.33. The summed E-state index contributed by atoms with van der Waals surface area (Å²) in [5.41, 5.74) is 7.48. The van der Waals surface area contributed by atoms with Gasteiger partial charge in [0.25, 0.3) is 0 Å². The number of aromatic nitrogens is 2. The number of carbonyl (C=O) groups is 2. The molecule has 2 aromatic carbocycles. The number of amides is 1. The highest BCUT2D eigenvalue weighted by atomic mass is 16.7. The Morgan fingerprint density at radius 3 is 2.64 bits per heavy atom. The number of carboxylic acid groups (broad SMARTS) is 1. The van der Waals surface area contributed by atoms with Crippen LogP contribution in [0.25, 0.3) is 10.9 Å². The zero-order chi connectivity index (χ0) is 22.9. The number of nitrogens with zero attached hydrogens (tertiary/aromatic N) is 3. The van der Waals surface area contributed by atoms with Gasteiger partial charge in [0.1, 0.15) is 5.82 Å². The van der Waals surface area contributed by atoms with Gasteiger partial charge in [0.15, 0.2) is 11.5 Å². The molecule has 10 heteroatoms. The SMILES string of the molecule is NC(=O)c1ccc2nc(N3CCC(C(=O)O)CC3)nc(NCc3ccc4c(c3)OCO4)c2c1. The van der Waals surface area contributed by atoms with Crippen LogP contribution in [0.3, 0.4) is 0 Å². The first kappa shape index (κ1) is 20.8. The average Bonchev–Trinajstić information content (AvgIpc) is 3.30. The third-order valence-electron chi connectivity index (χ3n) is 5.99. The van der Waals surface area contributed by atoms with Gasteiger partial charge in [-0.1, -0.05) is 6.07 Å². The Labute approximate surface area is 189 Å². The number of hydrogen-bond acceptors (Lipinski definition) is 8. The maximum absolute atomic E-state index is 11.7. The maximum Gasteiger partial charge on any atom is 0.306 e. The number of ether oxygens (including phenoxy) is 2. The lowest BCUT2D eigenvalue weighted by molar-refractivity contribution is -0.142. The Hall–Kier alpha value is -4.08. The number of anilines is 2. The van der Waals surface area contributed by atoms with Gasteiger partial charge in [-0.15, -0.1) is 0 Å². The molecule has 0 aliphatic carbocycles. The molecule has 2 aliphatic rings. The van der Waals surface area contributed by atoms with Gasteiger partial charge in [0, 0.05) is 30.6 Å². The lowest BCUT2D eigenvalue weighted by atomic mass is 9.97. The number of hydrogen-bond donors (Lipinski definition) is 3. The average molecular weight is 449 g/mol.